The lowest BCUT2D eigenvalue weighted by Gasteiger charge is -2.24. The van der Waals surface area contributed by atoms with E-state index in [4.69, 9.17) is 0 Å². The molecule has 1 aliphatic rings. The van der Waals surface area contributed by atoms with Gasteiger partial charge in [-0.25, -0.2) is 4.98 Å². The standard InChI is InChI=1S/C23H24N6O/c1-24-18-9-6-10-19(21(18)15-11-12-15)28(2)14-17-13-20(30)29-23(25-17)26-22(27-29)16-7-4-3-5-8-16/h3-10,13,15,24H,11-12,14H2,1-2H3,(H,25,26,27). The third-order valence-electron chi connectivity index (χ3n) is 5.58. The Bertz CT molecular complexity index is 1260. The van der Waals surface area contributed by atoms with Crippen LogP contribution in [-0.2, 0) is 6.54 Å². The van der Waals surface area contributed by atoms with E-state index in [1.807, 2.05) is 44.4 Å². The van der Waals surface area contributed by atoms with Crippen LogP contribution < -0.4 is 15.8 Å². The number of hydrogen-bond acceptors (Lipinski definition) is 5. The van der Waals surface area contributed by atoms with Crippen LogP contribution in [0.4, 0.5) is 11.4 Å². The molecule has 152 valence electrons. The van der Waals surface area contributed by atoms with Crippen molar-refractivity contribution in [3.63, 3.8) is 0 Å². The molecule has 4 aromatic rings. The van der Waals surface area contributed by atoms with Crippen molar-refractivity contribution < 1.29 is 0 Å². The molecule has 5 rings (SSSR count). The number of rotatable bonds is 6. The van der Waals surface area contributed by atoms with Gasteiger partial charge in [-0.15, -0.1) is 0 Å². The van der Waals surface area contributed by atoms with E-state index in [1.54, 1.807) is 6.07 Å². The molecule has 0 unspecified atom stereocenters. The fourth-order valence-corrected chi connectivity index (χ4v) is 3.97. The summed E-state index contributed by atoms with van der Waals surface area (Å²) in [6.45, 7) is 0.534. The number of H-pyrrole nitrogens is 1. The molecule has 2 aromatic heterocycles. The molecule has 7 heteroatoms. The summed E-state index contributed by atoms with van der Waals surface area (Å²) in [4.78, 5) is 24.0. The zero-order chi connectivity index (χ0) is 20.7. The summed E-state index contributed by atoms with van der Waals surface area (Å²) in [5.41, 5.74) is 5.16. The Morgan fingerprint density at radius 3 is 2.67 bits per heavy atom. The topological polar surface area (TPSA) is 78.3 Å². The molecule has 0 saturated heterocycles. The molecular formula is C23H24N6O. The van der Waals surface area contributed by atoms with Gasteiger partial charge in [-0.2, -0.15) is 9.50 Å². The molecule has 1 fully saturated rings. The highest BCUT2D eigenvalue weighted by molar-refractivity contribution is 5.69. The summed E-state index contributed by atoms with van der Waals surface area (Å²) in [6, 6.07) is 17.6. The second-order valence-corrected chi connectivity index (χ2v) is 7.78. The Kier molecular flexibility index (Phi) is 4.50. The fraction of sp³-hybridized carbons (Fsp3) is 0.261. The normalized spacial score (nSPS) is 13.5. The first kappa shape index (κ1) is 18.4. The highest BCUT2D eigenvalue weighted by atomic mass is 16.1. The predicted octanol–water partition coefficient (Wildman–Crippen LogP) is 3.64. The number of anilines is 2. The van der Waals surface area contributed by atoms with Crippen LogP contribution in [0.5, 0.6) is 0 Å². The van der Waals surface area contributed by atoms with Crippen LogP contribution in [0.25, 0.3) is 17.2 Å². The van der Waals surface area contributed by atoms with Gasteiger partial charge in [0.15, 0.2) is 5.82 Å². The Hall–Kier alpha value is -3.61. The SMILES string of the molecule is CNc1cccc(N(C)Cc2cc(=O)n3[nH]c(-c4ccccc4)nc3n2)c1C1CC1. The van der Waals surface area contributed by atoms with Gasteiger partial charge in [-0.05, 0) is 30.9 Å². The van der Waals surface area contributed by atoms with E-state index in [0.29, 0.717) is 29.8 Å². The van der Waals surface area contributed by atoms with Gasteiger partial charge in [-0.1, -0.05) is 36.4 Å². The Morgan fingerprint density at radius 1 is 1.13 bits per heavy atom. The lowest BCUT2D eigenvalue weighted by molar-refractivity contribution is 0.836. The highest BCUT2D eigenvalue weighted by Crippen LogP contribution is 2.47. The molecular weight excluding hydrogens is 376 g/mol. The molecule has 2 aromatic carbocycles. The van der Waals surface area contributed by atoms with Crippen LogP contribution in [0.2, 0.25) is 0 Å². The summed E-state index contributed by atoms with van der Waals surface area (Å²) >= 11 is 0. The maximum Gasteiger partial charge on any atom is 0.274 e. The average molecular weight is 400 g/mol. The lowest BCUT2D eigenvalue weighted by atomic mass is 10.0. The molecule has 2 N–H and O–H groups in total. The second kappa shape index (κ2) is 7.33. The van der Waals surface area contributed by atoms with Gasteiger partial charge in [0.2, 0.25) is 0 Å². The van der Waals surface area contributed by atoms with Crippen molar-refractivity contribution in [3.8, 4) is 11.4 Å². The Morgan fingerprint density at radius 2 is 1.93 bits per heavy atom. The maximum atomic E-state index is 12.7. The monoisotopic (exact) mass is 400 g/mol. The summed E-state index contributed by atoms with van der Waals surface area (Å²) in [5, 5.41) is 6.37. The van der Waals surface area contributed by atoms with Crippen LogP contribution in [0.1, 0.15) is 30.0 Å². The Labute approximate surface area is 174 Å². The predicted molar refractivity (Wildman–Crippen MR) is 119 cm³/mol. The first-order valence-electron chi connectivity index (χ1n) is 10.2. The molecule has 0 radical (unpaired) electrons. The molecule has 1 aliphatic carbocycles. The van der Waals surface area contributed by atoms with Crippen LogP contribution in [-0.4, -0.2) is 33.7 Å². The van der Waals surface area contributed by atoms with Gasteiger partial charge in [0.1, 0.15) is 0 Å². The van der Waals surface area contributed by atoms with Crippen LogP contribution in [0, 0.1) is 0 Å². The zero-order valence-electron chi connectivity index (χ0n) is 17.1. The average Bonchev–Trinajstić information content (AvgIpc) is 3.52. The van der Waals surface area contributed by atoms with Crippen LogP contribution >= 0.6 is 0 Å². The van der Waals surface area contributed by atoms with Crippen molar-refractivity contribution in [2.75, 3.05) is 24.3 Å². The minimum Gasteiger partial charge on any atom is -0.388 e. The summed E-state index contributed by atoms with van der Waals surface area (Å²) < 4.78 is 1.39. The zero-order valence-corrected chi connectivity index (χ0v) is 17.1. The quantitative estimate of drug-likeness (QED) is 0.517. The van der Waals surface area contributed by atoms with Crippen molar-refractivity contribution in [2.45, 2.75) is 25.3 Å². The van der Waals surface area contributed by atoms with E-state index >= 15 is 0 Å². The summed E-state index contributed by atoms with van der Waals surface area (Å²) in [7, 11) is 4.01. The molecule has 1 saturated carbocycles. The summed E-state index contributed by atoms with van der Waals surface area (Å²) in [5.74, 6) is 1.62. The van der Waals surface area contributed by atoms with Crippen molar-refractivity contribution in [3.05, 3.63) is 76.2 Å². The number of nitrogens with one attached hydrogen (secondary N) is 2. The number of aromatic nitrogens is 4. The third-order valence-corrected chi connectivity index (χ3v) is 5.58. The summed E-state index contributed by atoms with van der Waals surface area (Å²) in [6.07, 6.45) is 2.45. The third kappa shape index (κ3) is 3.32. The highest BCUT2D eigenvalue weighted by Gasteiger charge is 2.29. The number of hydrogen-bond donors (Lipinski definition) is 2. The first-order valence-corrected chi connectivity index (χ1v) is 10.2. The van der Waals surface area contributed by atoms with Gasteiger partial charge >= 0.3 is 0 Å². The van der Waals surface area contributed by atoms with Crippen molar-refractivity contribution in [1.29, 1.82) is 0 Å². The lowest BCUT2D eigenvalue weighted by Crippen LogP contribution is -2.22. The van der Waals surface area contributed by atoms with Crippen molar-refractivity contribution >= 4 is 17.2 Å². The van der Waals surface area contributed by atoms with Gasteiger partial charge in [0.25, 0.3) is 11.3 Å². The van der Waals surface area contributed by atoms with E-state index in [1.165, 1.54) is 34.3 Å². The molecule has 2 heterocycles. The number of aromatic amines is 1. The minimum atomic E-state index is -0.163. The largest absolute Gasteiger partial charge is 0.388 e. The smallest absolute Gasteiger partial charge is 0.274 e. The molecule has 0 atom stereocenters. The molecule has 0 amide bonds. The van der Waals surface area contributed by atoms with Crippen LogP contribution in [0.3, 0.4) is 0 Å². The van der Waals surface area contributed by atoms with E-state index in [9.17, 15) is 4.79 Å². The van der Waals surface area contributed by atoms with Gasteiger partial charge in [0.05, 0.1) is 12.2 Å². The maximum absolute atomic E-state index is 12.7. The number of nitrogens with zero attached hydrogens (tertiary/aromatic N) is 4. The van der Waals surface area contributed by atoms with E-state index in [2.05, 4.69) is 43.5 Å². The fourth-order valence-electron chi connectivity index (χ4n) is 3.97. The molecule has 7 nitrogen and oxygen atoms in total. The molecule has 0 bridgehead atoms. The number of fused-ring (bicyclic) bond motifs is 1. The number of benzene rings is 2. The van der Waals surface area contributed by atoms with Gasteiger partial charge in [-0.3, -0.25) is 9.89 Å². The van der Waals surface area contributed by atoms with Crippen molar-refractivity contribution in [1.82, 2.24) is 19.6 Å². The van der Waals surface area contributed by atoms with Crippen LogP contribution in [0.15, 0.2) is 59.4 Å². The van der Waals surface area contributed by atoms with E-state index < -0.39 is 0 Å². The minimum absolute atomic E-state index is 0.163. The second-order valence-electron chi connectivity index (χ2n) is 7.78. The van der Waals surface area contributed by atoms with Gasteiger partial charge < -0.3 is 10.2 Å². The van der Waals surface area contributed by atoms with Crippen molar-refractivity contribution in [2.24, 2.45) is 0 Å². The Balaban J connectivity index is 1.48. The van der Waals surface area contributed by atoms with Gasteiger partial charge in [0, 0.05) is 42.7 Å². The molecule has 0 aliphatic heterocycles. The molecule has 30 heavy (non-hydrogen) atoms. The van der Waals surface area contributed by atoms with E-state index in [-0.39, 0.29) is 5.56 Å². The molecule has 0 spiro atoms. The first-order chi connectivity index (χ1) is 14.6. The van der Waals surface area contributed by atoms with E-state index in [0.717, 1.165) is 5.56 Å².